The predicted molar refractivity (Wildman–Crippen MR) is 162 cm³/mol. The number of aryl methyl sites for hydroxylation is 1. The van der Waals surface area contributed by atoms with Gasteiger partial charge in [0.25, 0.3) is 0 Å². The molecule has 40 heavy (non-hydrogen) atoms. The van der Waals surface area contributed by atoms with Crippen molar-refractivity contribution in [3.8, 4) is 11.3 Å². The summed E-state index contributed by atoms with van der Waals surface area (Å²) >= 11 is 2.99. The number of nitrogens with zero attached hydrogens (tertiary/aromatic N) is 6. The molecule has 8 nitrogen and oxygen atoms in total. The highest BCUT2D eigenvalue weighted by molar-refractivity contribution is 8.03. The van der Waals surface area contributed by atoms with E-state index in [-0.39, 0.29) is 5.97 Å². The van der Waals surface area contributed by atoms with Crippen molar-refractivity contribution in [3.63, 3.8) is 0 Å². The van der Waals surface area contributed by atoms with E-state index in [2.05, 4.69) is 61.4 Å². The number of aromatic nitrogens is 5. The molecule has 0 aliphatic rings. The van der Waals surface area contributed by atoms with Crippen LogP contribution in [0, 0.1) is 0 Å². The van der Waals surface area contributed by atoms with E-state index in [1.165, 1.54) is 11.8 Å². The Morgan fingerprint density at radius 1 is 0.975 bits per heavy atom. The van der Waals surface area contributed by atoms with Crippen molar-refractivity contribution < 1.29 is 9.53 Å². The van der Waals surface area contributed by atoms with E-state index >= 15 is 0 Å². The molecule has 10 heteroatoms. The molecular formula is C30H36N6O2S2. The van der Waals surface area contributed by atoms with Gasteiger partial charge in [0.1, 0.15) is 10.3 Å². The lowest BCUT2D eigenvalue weighted by molar-refractivity contribution is -0.156. The molecule has 3 aromatic heterocycles. The third kappa shape index (κ3) is 8.32. The lowest BCUT2D eigenvalue weighted by Crippen LogP contribution is -2.36. The highest BCUT2D eigenvalue weighted by Crippen LogP contribution is 2.36. The van der Waals surface area contributed by atoms with E-state index in [1.54, 1.807) is 29.9 Å². The normalized spacial score (nSPS) is 11.8. The van der Waals surface area contributed by atoms with E-state index < -0.39 is 10.3 Å². The first-order valence-electron chi connectivity index (χ1n) is 13.3. The van der Waals surface area contributed by atoms with Crippen molar-refractivity contribution in [2.45, 2.75) is 75.6 Å². The van der Waals surface area contributed by atoms with Crippen LogP contribution >= 0.6 is 23.1 Å². The summed E-state index contributed by atoms with van der Waals surface area (Å²) in [7, 11) is 0. The molecule has 1 aromatic carbocycles. The van der Waals surface area contributed by atoms with Gasteiger partial charge in [-0.15, -0.1) is 11.3 Å². The van der Waals surface area contributed by atoms with Crippen LogP contribution in [0.4, 0.5) is 5.95 Å². The minimum absolute atomic E-state index is 0.245. The number of thiazole rings is 1. The molecule has 0 aliphatic heterocycles. The van der Waals surface area contributed by atoms with E-state index in [1.807, 2.05) is 47.0 Å². The number of anilines is 1. The lowest BCUT2D eigenvalue weighted by Gasteiger charge is -2.27. The number of thioether (sulfide) groups is 1. The molecule has 0 unspecified atom stereocenters. The molecule has 0 N–H and O–H groups in total. The molecule has 0 spiro atoms. The molecule has 0 bridgehead atoms. The van der Waals surface area contributed by atoms with Crippen LogP contribution in [0.3, 0.4) is 0 Å². The zero-order chi connectivity index (χ0) is 28.8. The summed E-state index contributed by atoms with van der Waals surface area (Å²) in [5.41, 5.74) is 4.56. The number of carbonyl (C=O) groups is 1. The summed E-state index contributed by atoms with van der Waals surface area (Å²) in [5, 5.41) is 2.06. The van der Waals surface area contributed by atoms with Gasteiger partial charge in [-0.1, -0.05) is 43.0 Å². The van der Waals surface area contributed by atoms with Crippen LogP contribution in [0.5, 0.6) is 0 Å². The van der Waals surface area contributed by atoms with Crippen LogP contribution < -0.4 is 4.90 Å². The van der Waals surface area contributed by atoms with Crippen LogP contribution in [0.15, 0.2) is 65.0 Å². The van der Waals surface area contributed by atoms with Gasteiger partial charge in [0.05, 0.1) is 17.6 Å². The van der Waals surface area contributed by atoms with Gasteiger partial charge < -0.3 is 9.64 Å². The fourth-order valence-electron chi connectivity index (χ4n) is 3.75. The zero-order valence-corrected chi connectivity index (χ0v) is 25.6. The Morgan fingerprint density at radius 2 is 1.70 bits per heavy atom. The Labute approximate surface area is 244 Å². The van der Waals surface area contributed by atoms with E-state index in [4.69, 9.17) is 9.72 Å². The highest BCUT2D eigenvalue weighted by atomic mass is 32.2. The van der Waals surface area contributed by atoms with E-state index in [9.17, 15) is 4.79 Å². The molecule has 0 radical (unpaired) electrons. The fourth-order valence-corrected chi connectivity index (χ4v) is 6.02. The highest BCUT2D eigenvalue weighted by Gasteiger charge is 2.34. The minimum Gasteiger partial charge on any atom is -0.459 e. The summed E-state index contributed by atoms with van der Waals surface area (Å²) < 4.78 is 5.72. The Kier molecular flexibility index (Phi) is 9.52. The second-order valence-electron chi connectivity index (χ2n) is 10.9. The molecule has 4 aromatic rings. The second-order valence-corrected chi connectivity index (χ2v) is 13.7. The van der Waals surface area contributed by atoms with Crippen LogP contribution in [0.1, 0.15) is 58.4 Å². The van der Waals surface area contributed by atoms with Gasteiger partial charge in [-0.2, -0.15) is 0 Å². The first-order chi connectivity index (χ1) is 19.0. The van der Waals surface area contributed by atoms with Crippen molar-refractivity contribution in [2.24, 2.45) is 0 Å². The molecule has 0 saturated heterocycles. The summed E-state index contributed by atoms with van der Waals surface area (Å²) in [4.78, 5) is 37.5. The maximum atomic E-state index is 12.7. The number of rotatable bonds is 11. The van der Waals surface area contributed by atoms with Crippen molar-refractivity contribution in [1.29, 1.82) is 0 Å². The lowest BCUT2D eigenvalue weighted by atomic mass is 10.1. The number of ether oxygens (including phenoxy) is 1. The average Bonchev–Trinajstić information content (AvgIpc) is 3.37. The van der Waals surface area contributed by atoms with Crippen LogP contribution in [0.25, 0.3) is 11.3 Å². The smallest absolute Gasteiger partial charge is 0.322 e. The third-order valence-electron chi connectivity index (χ3n) is 5.97. The summed E-state index contributed by atoms with van der Waals surface area (Å²) in [6.07, 6.45) is 10.5. The van der Waals surface area contributed by atoms with Gasteiger partial charge in [-0.05, 0) is 52.2 Å². The quantitative estimate of drug-likeness (QED) is 0.148. The standard InChI is InChI=1S/C30H36N6O2S2/c1-7-21-16-33-27(34-17-21)36(19-22-8-10-23(11-9-22)25-18-31-13-14-32-25)15-12-24-20-39-28(35-24)40-30(5,6)26(37)38-29(2,3)4/h8-11,13-14,16-18,20H,7,12,15,19H2,1-6H3. The van der Waals surface area contributed by atoms with Crippen molar-refractivity contribution in [3.05, 3.63) is 77.5 Å². The van der Waals surface area contributed by atoms with Crippen molar-refractivity contribution in [2.75, 3.05) is 11.4 Å². The van der Waals surface area contributed by atoms with Gasteiger partial charge in [0, 0.05) is 55.2 Å². The largest absolute Gasteiger partial charge is 0.459 e. The molecule has 0 saturated carbocycles. The molecule has 0 amide bonds. The average molecular weight is 577 g/mol. The molecule has 210 valence electrons. The summed E-state index contributed by atoms with van der Waals surface area (Å²) in [6, 6.07) is 8.34. The minimum atomic E-state index is -0.735. The van der Waals surface area contributed by atoms with Crippen LogP contribution in [0.2, 0.25) is 0 Å². The Bertz CT molecular complexity index is 1380. The van der Waals surface area contributed by atoms with Crippen LogP contribution in [-0.4, -0.2) is 47.8 Å². The Balaban J connectivity index is 1.45. The monoisotopic (exact) mass is 576 g/mol. The SMILES string of the molecule is CCc1cnc(N(CCc2csc(SC(C)(C)C(=O)OC(C)(C)C)n2)Cc2ccc(-c3cnccn3)cc2)nc1. The number of carbonyl (C=O) groups excluding carboxylic acids is 1. The maximum absolute atomic E-state index is 12.7. The molecule has 4 rings (SSSR count). The zero-order valence-electron chi connectivity index (χ0n) is 23.9. The number of hydrogen-bond acceptors (Lipinski definition) is 10. The topological polar surface area (TPSA) is 94.0 Å². The number of hydrogen-bond donors (Lipinski definition) is 0. The van der Waals surface area contributed by atoms with Crippen molar-refractivity contribution >= 4 is 35.0 Å². The van der Waals surface area contributed by atoms with Gasteiger partial charge in [0.2, 0.25) is 5.95 Å². The Morgan fingerprint density at radius 3 is 2.33 bits per heavy atom. The van der Waals surface area contributed by atoms with E-state index in [0.717, 1.165) is 45.3 Å². The molecule has 0 atom stereocenters. The summed E-state index contributed by atoms with van der Waals surface area (Å²) in [6.45, 7) is 12.8. The maximum Gasteiger partial charge on any atom is 0.322 e. The van der Waals surface area contributed by atoms with Crippen molar-refractivity contribution in [1.82, 2.24) is 24.9 Å². The second kappa shape index (κ2) is 12.9. The number of esters is 1. The van der Waals surface area contributed by atoms with Gasteiger partial charge in [0.15, 0.2) is 4.34 Å². The molecular weight excluding hydrogens is 541 g/mol. The fraction of sp³-hybridized carbons (Fsp3) is 0.400. The molecule has 3 heterocycles. The molecule has 0 aliphatic carbocycles. The predicted octanol–water partition coefficient (Wildman–Crippen LogP) is 6.41. The Hall–Kier alpha value is -3.37. The number of benzene rings is 1. The van der Waals surface area contributed by atoms with Gasteiger partial charge in [-0.3, -0.25) is 14.8 Å². The van der Waals surface area contributed by atoms with Gasteiger partial charge >= 0.3 is 5.97 Å². The van der Waals surface area contributed by atoms with Gasteiger partial charge in [-0.25, -0.2) is 15.0 Å². The molecule has 0 fully saturated rings. The van der Waals surface area contributed by atoms with E-state index in [0.29, 0.717) is 19.0 Å². The summed E-state index contributed by atoms with van der Waals surface area (Å²) in [5.74, 6) is 0.442. The third-order valence-corrected chi connectivity index (χ3v) is 8.13. The van der Waals surface area contributed by atoms with Crippen LogP contribution in [-0.2, 0) is 28.9 Å². The first-order valence-corrected chi connectivity index (χ1v) is 15.0. The first kappa shape index (κ1) is 29.6.